The normalized spacial score (nSPS) is 14.8. The lowest BCUT2D eigenvalue weighted by Crippen LogP contribution is -2.44. The quantitative estimate of drug-likeness (QED) is 0.533. The molecule has 2 amide bonds. The van der Waals surface area contributed by atoms with Gasteiger partial charge in [-0.05, 0) is 43.2 Å². The van der Waals surface area contributed by atoms with Crippen LogP contribution in [0.15, 0.2) is 48.7 Å². The van der Waals surface area contributed by atoms with Crippen molar-refractivity contribution in [3.63, 3.8) is 0 Å². The summed E-state index contributed by atoms with van der Waals surface area (Å²) in [5.74, 6) is 0. The second-order valence-corrected chi connectivity index (χ2v) is 9.27. The molecule has 2 atom stereocenters. The number of hydrogen-bond acceptors (Lipinski definition) is 5. The zero-order valence-corrected chi connectivity index (χ0v) is 18.3. The van der Waals surface area contributed by atoms with Crippen LogP contribution in [0.1, 0.15) is 25.8 Å². The third-order valence-electron chi connectivity index (χ3n) is 5.09. The number of hydrogen-bond donors (Lipinski definition) is 3. The Morgan fingerprint density at radius 3 is 2.50 bits per heavy atom. The average Bonchev–Trinajstić information content (AvgIpc) is 3.08. The highest BCUT2D eigenvalue weighted by Crippen LogP contribution is 2.37. The fourth-order valence-corrected chi connectivity index (χ4v) is 4.24. The Morgan fingerprint density at radius 1 is 1.27 bits per heavy atom. The molecule has 10 heteroatoms. The maximum absolute atomic E-state index is 12.0. The number of rotatable bonds is 6. The molecule has 0 aliphatic heterocycles. The van der Waals surface area contributed by atoms with E-state index in [-0.39, 0.29) is 0 Å². The Bertz CT molecular complexity index is 1180. The number of anilines is 1. The summed E-state index contributed by atoms with van der Waals surface area (Å²) in [5, 5.41) is 19.1. The molecule has 1 aromatic heterocycles. The molecule has 0 saturated carbocycles. The van der Waals surface area contributed by atoms with E-state index in [2.05, 4.69) is 10.4 Å². The maximum Gasteiger partial charge on any atom is 0.332 e. The molecule has 2 aromatic carbocycles. The van der Waals surface area contributed by atoms with Crippen LogP contribution in [0.3, 0.4) is 0 Å². The number of fused-ring (bicyclic) bond motifs is 1. The molecule has 30 heavy (non-hydrogen) atoms. The number of aliphatic hydroxyl groups is 1. The Morgan fingerprint density at radius 2 is 1.93 bits per heavy atom. The highest BCUT2D eigenvalue weighted by atomic mass is 35.5. The van der Waals surface area contributed by atoms with Gasteiger partial charge < -0.3 is 10.4 Å². The minimum Gasteiger partial charge on any atom is -0.391 e. The Kier molecular flexibility index (Phi) is 6.07. The number of amides is 2. The van der Waals surface area contributed by atoms with Gasteiger partial charge in [-0.15, -0.1) is 0 Å². The zero-order chi connectivity index (χ0) is 22.1. The zero-order valence-electron chi connectivity index (χ0n) is 16.8. The van der Waals surface area contributed by atoms with Gasteiger partial charge in [-0.25, -0.2) is 17.9 Å². The van der Waals surface area contributed by atoms with E-state index in [0.29, 0.717) is 28.0 Å². The first-order valence-corrected chi connectivity index (χ1v) is 11.6. The number of urea groups is 1. The molecule has 0 aliphatic carbocycles. The first-order chi connectivity index (χ1) is 14.1. The van der Waals surface area contributed by atoms with Gasteiger partial charge in [0.15, 0.2) is 0 Å². The highest BCUT2D eigenvalue weighted by Gasteiger charge is 2.39. The van der Waals surface area contributed by atoms with Gasteiger partial charge in [0.1, 0.15) is 5.54 Å². The second-order valence-electron chi connectivity index (χ2n) is 7.08. The molecule has 2 unspecified atom stereocenters. The van der Waals surface area contributed by atoms with E-state index >= 15 is 0 Å². The minimum absolute atomic E-state index is 0.395. The number of sulfonamides is 1. The summed E-state index contributed by atoms with van der Waals surface area (Å²) >= 11 is 6.05. The predicted molar refractivity (Wildman–Crippen MR) is 117 cm³/mol. The van der Waals surface area contributed by atoms with Crippen molar-refractivity contribution < 1.29 is 18.3 Å². The van der Waals surface area contributed by atoms with Gasteiger partial charge in [0.05, 0.1) is 29.8 Å². The molecule has 0 radical (unpaired) electrons. The van der Waals surface area contributed by atoms with Crippen LogP contribution in [0.2, 0.25) is 5.02 Å². The molecule has 0 saturated heterocycles. The molecule has 0 spiro atoms. The first kappa shape index (κ1) is 22.1. The summed E-state index contributed by atoms with van der Waals surface area (Å²) in [6, 6.07) is 11.6. The van der Waals surface area contributed by atoms with Crippen LogP contribution in [0.4, 0.5) is 10.5 Å². The molecule has 3 N–H and O–H groups in total. The van der Waals surface area contributed by atoms with Crippen LogP contribution < -0.4 is 10.0 Å². The average molecular weight is 451 g/mol. The lowest BCUT2D eigenvalue weighted by atomic mass is 9.82. The molecule has 8 nitrogen and oxygen atoms in total. The van der Waals surface area contributed by atoms with Crippen LogP contribution in [0.5, 0.6) is 0 Å². The standard InChI is InChI=1S/C20H23ClN4O4S/c1-4-20(13(2)26,14-8-10-15(21)11-9-14)25-18-7-5-6-17(16(18)12-22-25)23-19(27)24-30(3,28)29/h5-13,26H,4H2,1-3H3,(H2,23,24,27). The SMILES string of the molecule is CCC(c1ccc(Cl)cc1)(C(C)O)n1ncc2c(NC(=O)NS(C)(=O)=O)cccc21. The fraction of sp³-hybridized carbons (Fsp3) is 0.300. The van der Waals surface area contributed by atoms with Gasteiger partial charge in [0.2, 0.25) is 10.0 Å². The van der Waals surface area contributed by atoms with Crippen molar-refractivity contribution in [1.82, 2.24) is 14.5 Å². The maximum atomic E-state index is 12.0. The van der Waals surface area contributed by atoms with Gasteiger partial charge in [0.25, 0.3) is 0 Å². The number of carbonyl (C=O) groups excluding carboxylic acids is 1. The fourth-order valence-electron chi connectivity index (χ4n) is 3.72. The number of benzene rings is 2. The molecule has 3 aromatic rings. The van der Waals surface area contributed by atoms with Crippen molar-refractivity contribution >= 4 is 44.2 Å². The number of aliphatic hydroxyl groups excluding tert-OH is 1. The van der Waals surface area contributed by atoms with Crippen LogP contribution in [0, 0.1) is 0 Å². The van der Waals surface area contributed by atoms with Crippen molar-refractivity contribution in [2.75, 3.05) is 11.6 Å². The van der Waals surface area contributed by atoms with Gasteiger partial charge in [-0.1, -0.05) is 36.7 Å². The predicted octanol–water partition coefficient (Wildman–Crippen LogP) is 3.31. The van der Waals surface area contributed by atoms with E-state index in [9.17, 15) is 18.3 Å². The van der Waals surface area contributed by atoms with Crippen molar-refractivity contribution in [3.05, 3.63) is 59.2 Å². The number of nitrogens with one attached hydrogen (secondary N) is 2. The van der Waals surface area contributed by atoms with E-state index in [4.69, 9.17) is 11.6 Å². The van der Waals surface area contributed by atoms with Crippen LogP contribution >= 0.6 is 11.6 Å². The molecule has 160 valence electrons. The summed E-state index contributed by atoms with van der Waals surface area (Å²) in [5.41, 5.74) is 1.03. The lowest BCUT2D eigenvalue weighted by Gasteiger charge is -2.37. The number of aromatic nitrogens is 2. The molecule has 3 rings (SSSR count). The van der Waals surface area contributed by atoms with E-state index < -0.39 is 27.7 Å². The van der Waals surface area contributed by atoms with Crippen LogP contribution in [-0.4, -0.2) is 41.7 Å². The van der Waals surface area contributed by atoms with Gasteiger partial charge in [-0.2, -0.15) is 5.10 Å². The topological polar surface area (TPSA) is 113 Å². The van der Waals surface area contributed by atoms with Crippen molar-refractivity contribution in [2.45, 2.75) is 31.9 Å². The summed E-state index contributed by atoms with van der Waals surface area (Å²) in [6.07, 6.45) is 2.22. The molecular weight excluding hydrogens is 428 g/mol. The van der Waals surface area contributed by atoms with E-state index in [1.165, 1.54) is 0 Å². The summed E-state index contributed by atoms with van der Waals surface area (Å²) in [4.78, 5) is 12.0. The van der Waals surface area contributed by atoms with Crippen LogP contribution in [-0.2, 0) is 15.6 Å². The number of carbonyl (C=O) groups is 1. The number of halogens is 1. The summed E-state index contributed by atoms with van der Waals surface area (Å²) in [7, 11) is -3.70. The molecule has 0 bridgehead atoms. The minimum atomic E-state index is -3.70. The Labute approximate surface area is 179 Å². The van der Waals surface area contributed by atoms with Crippen molar-refractivity contribution in [2.24, 2.45) is 0 Å². The third-order valence-corrected chi connectivity index (χ3v) is 5.90. The third kappa shape index (κ3) is 4.14. The van der Waals surface area contributed by atoms with Crippen LogP contribution in [0.25, 0.3) is 10.9 Å². The highest BCUT2D eigenvalue weighted by molar-refractivity contribution is 7.89. The summed E-state index contributed by atoms with van der Waals surface area (Å²) in [6.45, 7) is 3.66. The van der Waals surface area contributed by atoms with Crippen molar-refractivity contribution in [3.8, 4) is 0 Å². The van der Waals surface area contributed by atoms with E-state index in [1.807, 2.05) is 29.8 Å². The second kappa shape index (κ2) is 8.25. The van der Waals surface area contributed by atoms with Gasteiger partial charge in [-0.3, -0.25) is 4.68 Å². The van der Waals surface area contributed by atoms with E-state index in [0.717, 1.165) is 11.8 Å². The Balaban J connectivity index is 2.13. The Hall–Kier alpha value is -2.62. The van der Waals surface area contributed by atoms with Gasteiger partial charge >= 0.3 is 6.03 Å². The molecule has 1 heterocycles. The lowest BCUT2D eigenvalue weighted by molar-refractivity contribution is 0.0669. The first-order valence-electron chi connectivity index (χ1n) is 9.28. The number of nitrogens with zero attached hydrogens (tertiary/aromatic N) is 2. The smallest absolute Gasteiger partial charge is 0.332 e. The monoisotopic (exact) mass is 450 g/mol. The molecular formula is C20H23ClN4O4S. The summed E-state index contributed by atoms with van der Waals surface area (Å²) < 4.78 is 26.2. The van der Waals surface area contributed by atoms with E-state index in [1.54, 1.807) is 42.1 Å². The van der Waals surface area contributed by atoms with Crippen molar-refractivity contribution in [1.29, 1.82) is 0 Å². The van der Waals surface area contributed by atoms with Gasteiger partial charge in [0, 0.05) is 10.4 Å². The molecule has 0 aliphatic rings. The molecule has 0 fully saturated rings. The largest absolute Gasteiger partial charge is 0.391 e.